The van der Waals surface area contributed by atoms with Crippen molar-refractivity contribution in [2.45, 2.75) is 43.9 Å². The predicted molar refractivity (Wildman–Crippen MR) is 77.8 cm³/mol. The van der Waals surface area contributed by atoms with E-state index in [1.54, 1.807) is 31.1 Å². The number of aromatic nitrogens is 4. The molecule has 2 heterocycles. The van der Waals surface area contributed by atoms with Crippen molar-refractivity contribution in [3.8, 4) is 11.5 Å². The van der Waals surface area contributed by atoms with Gasteiger partial charge in [0.05, 0.1) is 6.10 Å². The lowest BCUT2D eigenvalue weighted by molar-refractivity contribution is -0.144. The Morgan fingerprint density at radius 2 is 1.96 bits per heavy atom. The average Bonchev–Trinajstić information content (AvgIpc) is 3.12. The number of nitrogens with zero attached hydrogens (tertiary/aromatic N) is 3. The van der Waals surface area contributed by atoms with Gasteiger partial charge >= 0.3 is 6.18 Å². The zero-order chi connectivity index (χ0) is 16.6. The van der Waals surface area contributed by atoms with Crippen LogP contribution in [0.2, 0.25) is 0 Å². The highest BCUT2D eigenvalue weighted by Crippen LogP contribution is 2.39. The first-order chi connectivity index (χ1) is 10.9. The van der Waals surface area contributed by atoms with Crippen LogP contribution in [0.4, 0.5) is 13.2 Å². The fourth-order valence-corrected chi connectivity index (χ4v) is 3.17. The Kier molecular flexibility index (Phi) is 4.18. The molecular formula is C15H19F3N4O. The summed E-state index contributed by atoms with van der Waals surface area (Å²) in [4.78, 5) is 10.5. The molecule has 0 aromatic carbocycles. The number of alkyl halides is 3. The van der Waals surface area contributed by atoms with Crippen LogP contribution in [-0.2, 0) is 18.0 Å². The molecule has 1 aliphatic carbocycles. The smallest absolute Gasteiger partial charge is 0.381 e. The van der Waals surface area contributed by atoms with Crippen LogP contribution < -0.4 is 0 Å². The molecule has 0 unspecified atom stereocenters. The molecule has 5 nitrogen and oxygen atoms in total. The van der Waals surface area contributed by atoms with Crippen LogP contribution in [0.1, 0.15) is 43.1 Å². The second-order valence-electron chi connectivity index (χ2n) is 5.92. The summed E-state index contributed by atoms with van der Waals surface area (Å²) in [6.45, 7) is 0. The van der Waals surface area contributed by atoms with E-state index in [2.05, 4.69) is 15.0 Å². The minimum atomic E-state index is -4.50. The third-order valence-corrected chi connectivity index (χ3v) is 4.45. The summed E-state index contributed by atoms with van der Waals surface area (Å²) in [7, 11) is 3.41. The van der Waals surface area contributed by atoms with E-state index in [0.717, 1.165) is 25.7 Å². The van der Waals surface area contributed by atoms with E-state index in [1.165, 1.54) is 0 Å². The highest BCUT2D eigenvalue weighted by molar-refractivity contribution is 5.55. The first-order valence-corrected chi connectivity index (χ1v) is 7.57. The average molecular weight is 328 g/mol. The molecule has 8 heteroatoms. The summed E-state index contributed by atoms with van der Waals surface area (Å²) in [5.41, 5.74) is 0.826. The molecule has 1 N–H and O–H groups in total. The van der Waals surface area contributed by atoms with Crippen LogP contribution in [0.3, 0.4) is 0 Å². The second-order valence-corrected chi connectivity index (χ2v) is 5.92. The van der Waals surface area contributed by atoms with Crippen molar-refractivity contribution in [3.05, 3.63) is 23.9 Å². The quantitative estimate of drug-likeness (QED) is 0.938. The zero-order valence-corrected chi connectivity index (χ0v) is 13.0. The molecule has 0 saturated heterocycles. The highest BCUT2D eigenvalue weighted by Gasteiger charge is 2.38. The van der Waals surface area contributed by atoms with Crippen molar-refractivity contribution in [2.24, 2.45) is 7.05 Å². The van der Waals surface area contributed by atoms with Gasteiger partial charge in [-0.1, -0.05) is 0 Å². The fourth-order valence-electron chi connectivity index (χ4n) is 3.17. The molecule has 126 valence electrons. The van der Waals surface area contributed by atoms with Gasteiger partial charge in [0, 0.05) is 38.2 Å². The number of hydrogen-bond acceptors (Lipinski definition) is 3. The van der Waals surface area contributed by atoms with Crippen LogP contribution in [-0.4, -0.2) is 32.7 Å². The number of halogens is 3. The van der Waals surface area contributed by atoms with Gasteiger partial charge < -0.3 is 14.3 Å². The number of H-pyrrole nitrogens is 1. The molecule has 1 saturated carbocycles. The number of aryl methyl sites for hydroxylation is 1. The van der Waals surface area contributed by atoms with Crippen molar-refractivity contribution >= 4 is 0 Å². The highest BCUT2D eigenvalue weighted by atomic mass is 19.4. The molecule has 0 atom stereocenters. The van der Waals surface area contributed by atoms with Crippen LogP contribution in [0, 0.1) is 0 Å². The van der Waals surface area contributed by atoms with E-state index < -0.39 is 12.0 Å². The van der Waals surface area contributed by atoms with Gasteiger partial charge in [0.2, 0.25) is 5.82 Å². The van der Waals surface area contributed by atoms with Gasteiger partial charge in [0.25, 0.3) is 0 Å². The number of imidazole rings is 2. The van der Waals surface area contributed by atoms with Crippen molar-refractivity contribution in [3.63, 3.8) is 0 Å². The lowest BCUT2D eigenvalue weighted by atomic mass is 9.84. The number of aromatic amines is 1. The number of nitrogens with one attached hydrogen (secondary N) is 1. The molecular weight excluding hydrogens is 309 g/mol. The minimum absolute atomic E-state index is 0.0108. The Morgan fingerprint density at radius 3 is 2.48 bits per heavy atom. The van der Waals surface area contributed by atoms with Crippen molar-refractivity contribution < 1.29 is 17.9 Å². The van der Waals surface area contributed by atoms with E-state index in [9.17, 15) is 13.2 Å². The van der Waals surface area contributed by atoms with Crippen LogP contribution in [0.25, 0.3) is 11.5 Å². The summed E-state index contributed by atoms with van der Waals surface area (Å²) in [6.07, 6.45) is 2.16. The molecule has 3 rings (SSSR count). The monoisotopic (exact) mass is 328 g/mol. The lowest BCUT2D eigenvalue weighted by Crippen LogP contribution is -2.20. The fraction of sp³-hybridized carbons (Fsp3) is 0.600. The second kappa shape index (κ2) is 5.99. The van der Waals surface area contributed by atoms with Crippen LogP contribution in [0.5, 0.6) is 0 Å². The summed E-state index contributed by atoms with van der Waals surface area (Å²) < 4.78 is 46.2. The third kappa shape index (κ3) is 3.12. The van der Waals surface area contributed by atoms with E-state index >= 15 is 0 Å². The van der Waals surface area contributed by atoms with Crippen molar-refractivity contribution in [1.29, 1.82) is 0 Å². The van der Waals surface area contributed by atoms with E-state index in [4.69, 9.17) is 4.74 Å². The van der Waals surface area contributed by atoms with E-state index in [0.29, 0.717) is 17.2 Å². The largest absolute Gasteiger partial charge is 0.449 e. The zero-order valence-electron chi connectivity index (χ0n) is 13.0. The molecule has 0 bridgehead atoms. The first kappa shape index (κ1) is 16.0. The van der Waals surface area contributed by atoms with Gasteiger partial charge in [-0.05, 0) is 25.7 Å². The minimum Gasteiger partial charge on any atom is -0.381 e. The van der Waals surface area contributed by atoms with Crippen LogP contribution in [0.15, 0.2) is 12.4 Å². The van der Waals surface area contributed by atoms with Crippen molar-refractivity contribution in [1.82, 2.24) is 19.5 Å². The van der Waals surface area contributed by atoms with Crippen molar-refractivity contribution in [2.75, 3.05) is 7.11 Å². The summed E-state index contributed by atoms with van der Waals surface area (Å²) in [6, 6.07) is 0. The maximum Gasteiger partial charge on any atom is 0.449 e. The topological polar surface area (TPSA) is 55.7 Å². The van der Waals surface area contributed by atoms with Gasteiger partial charge in [-0.3, -0.25) is 0 Å². The number of hydrogen-bond donors (Lipinski definition) is 1. The van der Waals surface area contributed by atoms with E-state index in [1.807, 2.05) is 0 Å². The summed E-state index contributed by atoms with van der Waals surface area (Å²) in [5.74, 6) is -0.503. The maximum atomic E-state index is 13.1. The van der Waals surface area contributed by atoms with Crippen LogP contribution >= 0.6 is 0 Å². The Morgan fingerprint density at radius 1 is 1.26 bits per heavy atom. The Labute approximate surface area is 131 Å². The molecule has 23 heavy (non-hydrogen) atoms. The Hall–Kier alpha value is -1.83. The van der Waals surface area contributed by atoms with Gasteiger partial charge in [-0.2, -0.15) is 13.2 Å². The predicted octanol–water partition coefficient (Wildman–Crippen LogP) is 3.50. The molecule has 1 aliphatic rings. The molecule has 1 fully saturated rings. The third-order valence-electron chi connectivity index (χ3n) is 4.45. The van der Waals surface area contributed by atoms with Gasteiger partial charge in [0.15, 0.2) is 5.82 Å². The summed E-state index contributed by atoms with van der Waals surface area (Å²) in [5, 5.41) is 0. The lowest BCUT2D eigenvalue weighted by Gasteiger charge is -2.27. The Balaban J connectivity index is 1.98. The Bertz CT molecular complexity index is 669. The number of methoxy groups -OCH3 is 1. The molecule has 0 spiro atoms. The SMILES string of the molecule is COC1CCC(c2[nH]c(C(F)(F)F)nc2-c2nccn2C)CC1. The standard InChI is InChI=1S/C15H19F3N4O/c1-22-8-7-19-13(22)12-11(20-14(21-12)15(16,17)18)9-3-5-10(23-2)6-4-9/h7-10H,3-6H2,1-2H3,(H,20,21). The molecule has 2 aromatic heterocycles. The molecule has 0 amide bonds. The molecule has 0 aliphatic heterocycles. The molecule has 0 radical (unpaired) electrons. The van der Waals surface area contributed by atoms with Gasteiger partial charge in [0.1, 0.15) is 5.69 Å². The normalized spacial score (nSPS) is 22.5. The molecule has 2 aromatic rings. The van der Waals surface area contributed by atoms with Gasteiger partial charge in [-0.25, -0.2) is 9.97 Å². The number of ether oxygens (including phenoxy) is 1. The van der Waals surface area contributed by atoms with E-state index in [-0.39, 0.29) is 12.0 Å². The maximum absolute atomic E-state index is 13.1. The van der Waals surface area contributed by atoms with Gasteiger partial charge in [-0.15, -0.1) is 0 Å². The number of rotatable bonds is 3. The first-order valence-electron chi connectivity index (χ1n) is 7.57. The summed E-state index contributed by atoms with van der Waals surface area (Å²) >= 11 is 0.